The number of nitrogen functional groups attached to an aromatic ring is 1. The molecule has 6 heteroatoms. The number of carbonyl (C=O) groups excluding carboxylic acids is 2. The number of hydrogen-bond donors (Lipinski definition) is 1. The van der Waals surface area contributed by atoms with E-state index >= 15 is 0 Å². The molecule has 0 radical (unpaired) electrons. The second-order valence-electron chi connectivity index (χ2n) is 7.67. The topological polar surface area (TPSA) is 79.5 Å². The van der Waals surface area contributed by atoms with E-state index in [1.807, 2.05) is 34.1 Å². The number of nitrogens with two attached hydrogens (primary N) is 1. The number of pyridine rings is 1. The highest BCUT2D eigenvalue weighted by molar-refractivity contribution is 5.96. The molecule has 2 fully saturated rings. The average molecular weight is 378 g/mol. The van der Waals surface area contributed by atoms with E-state index in [2.05, 4.69) is 4.98 Å². The van der Waals surface area contributed by atoms with Crippen molar-refractivity contribution >= 4 is 17.5 Å². The van der Waals surface area contributed by atoms with Crippen molar-refractivity contribution < 1.29 is 9.59 Å². The molecule has 2 amide bonds. The lowest BCUT2D eigenvalue weighted by molar-refractivity contribution is -0.135. The van der Waals surface area contributed by atoms with Gasteiger partial charge in [0.05, 0.1) is 5.92 Å². The van der Waals surface area contributed by atoms with Crippen LogP contribution in [0, 0.1) is 5.92 Å². The molecule has 0 bridgehead atoms. The van der Waals surface area contributed by atoms with Gasteiger partial charge in [0.25, 0.3) is 5.91 Å². The van der Waals surface area contributed by atoms with Crippen LogP contribution in [-0.4, -0.2) is 52.8 Å². The molecule has 1 aromatic carbocycles. The summed E-state index contributed by atoms with van der Waals surface area (Å²) >= 11 is 0. The van der Waals surface area contributed by atoms with Gasteiger partial charge in [-0.05, 0) is 49.4 Å². The molecule has 2 saturated heterocycles. The maximum absolute atomic E-state index is 13.1. The summed E-state index contributed by atoms with van der Waals surface area (Å²) in [4.78, 5) is 33.8. The minimum absolute atomic E-state index is 0.0248. The monoisotopic (exact) mass is 378 g/mol. The highest BCUT2D eigenvalue weighted by atomic mass is 16.2. The fourth-order valence-corrected chi connectivity index (χ4v) is 4.21. The Labute approximate surface area is 165 Å². The van der Waals surface area contributed by atoms with Gasteiger partial charge in [0.1, 0.15) is 0 Å². The molecule has 0 saturated carbocycles. The quantitative estimate of drug-likeness (QED) is 0.891. The smallest absolute Gasteiger partial charge is 0.253 e. The maximum Gasteiger partial charge on any atom is 0.253 e. The number of aromatic nitrogens is 1. The van der Waals surface area contributed by atoms with Crippen molar-refractivity contribution in [2.45, 2.75) is 25.7 Å². The average Bonchev–Trinajstić information content (AvgIpc) is 3.28. The van der Waals surface area contributed by atoms with Gasteiger partial charge in [0.2, 0.25) is 5.91 Å². The van der Waals surface area contributed by atoms with Gasteiger partial charge in [0, 0.05) is 55.4 Å². The molecule has 0 aliphatic carbocycles. The van der Waals surface area contributed by atoms with E-state index < -0.39 is 0 Å². The fraction of sp³-hybridized carbons (Fsp3) is 0.409. The summed E-state index contributed by atoms with van der Waals surface area (Å²) in [5.41, 5.74) is 9.00. The van der Waals surface area contributed by atoms with E-state index in [1.54, 1.807) is 18.5 Å². The molecule has 2 aliphatic heterocycles. The molecule has 28 heavy (non-hydrogen) atoms. The summed E-state index contributed by atoms with van der Waals surface area (Å²) in [6.07, 6.45) is 7.27. The predicted octanol–water partition coefficient (Wildman–Crippen LogP) is 2.81. The third-order valence-electron chi connectivity index (χ3n) is 5.75. The van der Waals surface area contributed by atoms with E-state index in [0.29, 0.717) is 24.3 Å². The van der Waals surface area contributed by atoms with Crippen LogP contribution in [-0.2, 0) is 4.79 Å². The van der Waals surface area contributed by atoms with Gasteiger partial charge < -0.3 is 15.5 Å². The maximum atomic E-state index is 13.1. The van der Waals surface area contributed by atoms with Gasteiger partial charge in [-0.15, -0.1) is 0 Å². The number of nitrogens with zero attached hydrogens (tertiary/aromatic N) is 3. The van der Waals surface area contributed by atoms with Gasteiger partial charge >= 0.3 is 0 Å². The molecular weight excluding hydrogens is 352 g/mol. The molecule has 1 unspecified atom stereocenters. The summed E-state index contributed by atoms with van der Waals surface area (Å²) in [6.45, 7) is 2.92. The van der Waals surface area contributed by atoms with Crippen molar-refractivity contribution in [3.63, 3.8) is 0 Å². The van der Waals surface area contributed by atoms with Crippen molar-refractivity contribution in [2.24, 2.45) is 5.92 Å². The summed E-state index contributed by atoms with van der Waals surface area (Å²) in [6, 6.07) is 9.24. The van der Waals surface area contributed by atoms with Gasteiger partial charge in [-0.1, -0.05) is 12.1 Å². The first-order chi connectivity index (χ1) is 13.6. The van der Waals surface area contributed by atoms with Crippen molar-refractivity contribution in [3.05, 3.63) is 48.3 Å². The van der Waals surface area contributed by atoms with Crippen LogP contribution in [0.5, 0.6) is 0 Å². The zero-order valence-corrected chi connectivity index (χ0v) is 16.0. The minimum atomic E-state index is -0.0760. The van der Waals surface area contributed by atoms with Gasteiger partial charge in [-0.25, -0.2) is 0 Å². The van der Waals surface area contributed by atoms with Gasteiger partial charge in [-0.3, -0.25) is 14.6 Å². The Morgan fingerprint density at radius 2 is 1.82 bits per heavy atom. The van der Waals surface area contributed by atoms with Crippen molar-refractivity contribution in [3.8, 4) is 11.1 Å². The first-order valence-corrected chi connectivity index (χ1v) is 10.0. The lowest BCUT2D eigenvalue weighted by atomic mass is 9.95. The molecular formula is C22H26N4O2. The minimum Gasteiger partial charge on any atom is -0.398 e. The van der Waals surface area contributed by atoms with E-state index in [-0.39, 0.29) is 17.7 Å². The van der Waals surface area contributed by atoms with Crippen LogP contribution < -0.4 is 5.73 Å². The number of rotatable bonds is 3. The zero-order chi connectivity index (χ0) is 19.5. The standard InChI is InChI=1S/C22H26N4O2/c23-20-8-9-24-14-19(20)16-5-3-6-17(13-16)21(27)26-12-4-7-18(15-26)22(28)25-10-1-2-11-25/h3,5-6,8-9,13-14,18H,1-2,4,7,10-12,15H2,(H2,23,24). The van der Waals surface area contributed by atoms with Crippen molar-refractivity contribution in [2.75, 3.05) is 31.9 Å². The number of amides is 2. The SMILES string of the molecule is Nc1ccncc1-c1cccc(C(=O)N2CCCC(C(=O)N3CCCC3)C2)c1. The van der Waals surface area contributed by atoms with Crippen LogP contribution in [0.3, 0.4) is 0 Å². The molecule has 2 aliphatic rings. The Kier molecular flexibility index (Phi) is 5.28. The third kappa shape index (κ3) is 3.72. The molecule has 0 spiro atoms. The number of likely N-dealkylation sites (tertiary alicyclic amines) is 2. The van der Waals surface area contributed by atoms with Crippen LogP contribution in [0.2, 0.25) is 0 Å². The molecule has 4 rings (SSSR count). The molecule has 1 aromatic heterocycles. The molecule has 1 atom stereocenters. The molecule has 2 aromatic rings. The van der Waals surface area contributed by atoms with E-state index in [0.717, 1.165) is 49.9 Å². The summed E-state index contributed by atoms with van der Waals surface area (Å²) in [5, 5.41) is 0. The van der Waals surface area contributed by atoms with Gasteiger partial charge in [0.15, 0.2) is 0 Å². The summed E-state index contributed by atoms with van der Waals surface area (Å²) < 4.78 is 0. The number of benzene rings is 1. The fourth-order valence-electron chi connectivity index (χ4n) is 4.21. The van der Waals surface area contributed by atoms with E-state index in [4.69, 9.17) is 5.73 Å². The van der Waals surface area contributed by atoms with Crippen LogP contribution in [0.25, 0.3) is 11.1 Å². The lowest BCUT2D eigenvalue weighted by Gasteiger charge is -2.34. The highest BCUT2D eigenvalue weighted by Crippen LogP contribution is 2.27. The highest BCUT2D eigenvalue weighted by Gasteiger charge is 2.32. The second-order valence-corrected chi connectivity index (χ2v) is 7.67. The number of hydrogen-bond acceptors (Lipinski definition) is 4. The molecule has 3 heterocycles. The normalized spacial score (nSPS) is 19.6. The van der Waals surface area contributed by atoms with Gasteiger partial charge in [-0.2, -0.15) is 0 Å². The van der Waals surface area contributed by atoms with E-state index in [1.165, 1.54) is 0 Å². The largest absolute Gasteiger partial charge is 0.398 e. The van der Waals surface area contributed by atoms with Crippen LogP contribution in [0.4, 0.5) is 5.69 Å². The number of anilines is 1. The number of carbonyl (C=O) groups is 2. The third-order valence-corrected chi connectivity index (χ3v) is 5.75. The first-order valence-electron chi connectivity index (χ1n) is 10.0. The molecule has 146 valence electrons. The zero-order valence-electron chi connectivity index (χ0n) is 16.0. The lowest BCUT2D eigenvalue weighted by Crippen LogP contribution is -2.46. The van der Waals surface area contributed by atoms with E-state index in [9.17, 15) is 9.59 Å². The predicted molar refractivity (Wildman–Crippen MR) is 109 cm³/mol. The van der Waals surface area contributed by atoms with Crippen LogP contribution in [0.1, 0.15) is 36.0 Å². The molecule has 6 nitrogen and oxygen atoms in total. The molecule has 2 N–H and O–H groups in total. The Bertz CT molecular complexity index is 876. The second kappa shape index (κ2) is 8.00. The van der Waals surface area contributed by atoms with Crippen LogP contribution >= 0.6 is 0 Å². The summed E-state index contributed by atoms with van der Waals surface area (Å²) in [7, 11) is 0. The van der Waals surface area contributed by atoms with Crippen molar-refractivity contribution in [1.82, 2.24) is 14.8 Å². The van der Waals surface area contributed by atoms with Crippen LogP contribution in [0.15, 0.2) is 42.7 Å². The number of piperidine rings is 1. The summed E-state index contributed by atoms with van der Waals surface area (Å²) in [5.74, 6) is 0.114. The Morgan fingerprint density at radius 3 is 2.61 bits per heavy atom. The Morgan fingerprint density at radius 1 is 1.04 bits per heavy atom. The Balaban J connectivity index is 1.50. The Hall–Kier alpha value is -2.89. The van der Waals surface area contributed by atoms with Crippen molar-refractivity contribution in [1.29, 1.82) is 0 Å². The first kappa shape index (κ1) is 18.5.